The van der Waals surface area contributed by atoms with Crippen LogP contribution in [0.2, 0.25) is 0 Å². The number of carboxylic acid groups (broad SMARTS) is 1. The van der Waals surface area contributed by atoms with E-state index in [1.54, 1.807) is 25.3 Å². The van der Waals surface area contributed by atoms with E-state index in [-0.39, 0.29) is 5.92 Å². The van der Waals surface area contributed by atoms with Gasteiger partial charge in [-0.1, -0.05) is 12.1 Å². The molecule has 0 radical (unpaired) electrons. The number of carbonyl (C=O) groups excluding carboxylic acids is 1. The van der Waals surface area contributed by atoms with Crippen LogP contribution in [-0.4, -0.2) is 30.6 Å². The molecule has 0 bridgehead atoms. The van der Waals surface area contributed by atoms with Crippen molar-refractivity contribution in [1.29, 1.82) is 0 Å². The molecule has 2 atom stereocenters. The SMILES string of the molecule is COc1cccc([C@H]2CNC(=O)[C@H]2C(=O)O)c1. The topological polar surface area (TPSA) is 75.6 Å². The minimum Gasteiger partial charge on any atom is -0.497 e. The second-order valence-corrected chi connectivity index (χ2v) is 3.94. The van der Waals surface area contributed by atoms with Crippen molar-refractivity contribution in [3.63, 3.8) is 0 Å². The maximum Gasteiger partial charge on any atom is 0.316 e. The van der Waals surface area contributed by atoms with Gasteiger partial charge in [0.15, 0.2) is 0 Å². The number of benzene rings is 1. The van der Waals surface area contributed by atoms with Crippen LogP contribution in [0.15, 0.2) is 24.3 Å². The average Bonchev–Trinajstić information content (AvgIpc) is 2.71. The number of nitrogens with one attached hydrogen (secondary N) is 1. The van der Waals surface area contributed by atoms with Gasteiger partial charge in [-0.2, -0.15) is 0 Å². The Kier molecular flexibility index (Phi) is 2.99. The van der Waals surface area contributed by atoms with E-state index in [1.807, 2.05) is 6.07 Å². The van der Waals surface area contributed by atoms with Crippen LogP contribution in [0.3, 0.4) is 0 Å². The number of carboxylic acids is 1. The van der Waals surface area contributed by atoms with Crippen LogP contribution in [0.5, 0.6) is 5.75 Å². The summed E-state index contributed by atoms with van der Waals surface area (Å²) in [6, 6.07) is 7.14. The number of ether oxygens (including phenoxy) is 1. The Morgan fingerprint density at radius 3 is 2.94 bits per heavy atom. The first-order valence-electron chi connectivity index (χ1n) is 5.28. The molecule has 1 aromatic rings. The van der Waals surface area contributed by atoms with E-state index in [0.29, 0.717) is 12.3 Å². The van der Waals surface area contributed by atoms with Crippen LogP contribution in [0.4, 0.5) is 0 Å². The summed E-state index contributed by atoms with van der Waals surface area (Å²) >= 11 is 0. The molecule has 0 aliphatic carbocycles. The molecule has 2 rings (SSSR count). The summed E-state index contributed by atoms with van der Waals surface area (Å²) in [5.74, 6) is -2.21. The van der Waals surface area contributed by atoms with Gasteiger partial charge in [-0.3, -0.25) is 9.59 Å². The highest BCUT2D eigenvalue weighted by atomic mass is 16.5. The van der Waals surface area contributed by atoms with Gasteiger partial charge in [0.05, 0.1) is 7.11 Å². The fraction of sp³-hybridized carbons (Fsp3) is 0.333. The number of hydrogen-bond acceptors (Lipinski definition) is 3. The summed E-state index contributed by atoms with van der Waals surface area (Å²) in [7, 11) is 1.55. The fourth-order valence-electron chi connectivity index (χ4n) is 2.09. The second-order valence-electron chi connectivity index (χ2n) is 3.94. The van der Waals surface area contributed by atoms with Gasteiger partial charge in [-0.05, 0) is 17.7 Å². The molecule has 1 aromatic carbocycles. The first-order chi connectivity index (χ1) is 8.13. The van der Waals surface area contributed by atoms with Gasteiger partial charge < -0.3 is 15.2 Å². The van der Waals surface area contributed by atoms with Crippen molar-refractivity contribution in [2.45, 2.75) is 5.92 Å². The van der Waals surface area contributed by atoms with Crippen LogP contribution in [0.25, 0.3) is 0 Å². The van der Waals surface area contributed by atoms with Gasteiger partial charge in [-0.25, -0.2) is 0 Å². The quantitative estimate of drug-likeness (QED) is 0.753. The molecule has 5 nitrogen and oxygen atoms in total. The lowest BCUT2D eigenvalue weighted by atomic mass is 9.88. The van der Waals surface area contributed by atoms with Crippen molar-refractivity contribution in [3.8, 4) is 5.75 Å². The van der Waals surface area contributed by atoms with Crippen LogP contribution >= 0.6 is 0 Å². The summed E-state index contributed by atoms with van der Waals surface area (Å²) in [4.78, 5) is 22.5. The van der Waals surface area contributed by atoms with Crippen LogP contribution < -0.4 is 10.1 Å². The van der Waals surface area contributed by atoms with Crippen molar-refractivity contribution in [1.82, 2.24) is 5.32 Å². The van der Waals surface area contributed by atoms with Crippen LogP contribution in [0, 0.1) is 5.92 Å². The molecule has 17 heavy (non-hydrogen) atoms. The maximum atomic E-state index is 11.4. The monoisotopic (exact) mass is 235 g/mol. The molecule has 0 saturated carbocycles. The number of amides is 1. The minimum absolute atomic E-state index is 0.338. The van der Waals surface area contributed by atoms with Crippen molar-refractivity contribution in [3.05, 3.63) is 29.8 Å². The fourth-order valence-corrected chi connectivity index (χ4v) is 2.09. The number of carbonyl (C=O) groups is 2. The van der Waals surface area contributed by atoms with E-state index in [4.69, 9.17) is 9.84 Å². The Balaban J connectivity index is 2.32. The zero-order valence-electron chi connectivity index (χ0n) is 9.34. The summed E-state index contributed by atoms with van der Waals surface area (Å²) in [5.41, 5.74) is 0.801. The normalized spacial score (nSPS) is 23.2. The highest BCUT2D eigenvalue weighted by molar-refractivity contribution is 5.99. The van der Waals surface area contributed by atoms with Gasteiger partial charge in [0, 0.05) is 12.5 Å². The highest BCUT2D eigenvalue weighted by Crippen LogP contribution is 2.30. The molecule has 1 heterocycles. The third-order valence-electron chi connectivity index (χ3n) is 2.97. The van der Waals surface area contributed by atoms with Crippen molar-refractivity contribution in [2.24, 2.45) is 5.92 Å². The van der Waals surface area contributed by atoms with Gasteiger partial charge in [0.25, 0.3) is 0 Å². The van der Waals surface area contributed by atoms with E-state index in [2.05, 4.69) is 5.32 Å². The third-order valence-corrected chi connectivity index (χ3v) is 2.97. The smallest absolute Gasteiger partial charge is 0.316 e. The Labute approximate surface area is 98.4 Å². The van der Waals surface area contributed by atoms with E-state index in [9.17, 15) is 9.59 Å². The minimum atomic E-state index is -1.09. The predicted molar refractivity (Wildman–Crippen MR) is 59.9 cm³/mol. The van der Waals surface area contributed by atoms with E-state index >= 15 is 0 Å². The van der Waals surface area contributed by atoms with Crippen LogP contribution in [0.1, 0.15) is 11.5 Å². The first kappa shape index (κ1) is 11.4. The maximum absolute atomic E-state index is 11.4. The Hall–Kier alpha value is -2.04. The van der Waals surface area contributed by atoms with E-state index in [0.717, 1.165) is 5.56 Å². The lowest BCUT2D eigenvalue weighted by Gasteiger charge is -2.14. The molecular weight excluding hydrogens is 222 g/mol. The Morgan fingerprint density at radius 1 is 1.53 bits per heavy atom. The number of rotatable bonds is 3. The number of methoxy groups -OCH3 is 1. The molecule has 0 unspecified atom stereocenters. The zero-order valence-corrected chi connectivity index (χ0v) is 9.34. The van der Waals surface area contributed by atoms with Gasteiger partial charge >= 0.3 is 5.97 Å². The number of aliphatic carboxylic acids is 1. The molecule has 1 saturated heterocycles. The highest BCUT2D eigenvalue weighted by Gasteiger charge is 2.41. The molecule has 2 N–H and O–H groups in total. The molecule has 0 aromatic heterocycles. The van der Waals surface area contributed by atoms with Crippen molar-refractivity contribution >= 4 is 11.9 Å². The number of hydrogen-bond donors (Lipinski definition) is 2. The summed E-state index contributed by atoms with van der Waals surface area (Å²) in [6.07, 6.45) is 0. The molecule has 1 aliphatic rings. The summed E-state index contributed by atoms with van der Waals surface area (Å²) in [6.45, 7) is 0.350. The van der Waals surface area contributed by atoms with Crippen molar-refractivity contribution < 1.29 is 19.4 Å². The van der Waals surface area contributed by atoms with E-state index in [1.165, 1.54) is 0 Å². The predicted octanol–water partition coefficient (Wildman–Crippen LogP) is 0.609. The lowest BCUT2D eigenvalue weighted by Crippen LogP contribution is -2.26. The van der Waals surface area contributed by atoms with Gasteiger partial charge in [0.1, 0.15) is 11.7 Å². The second kappa shape index (κ2) is 4.45. The average molecular weight is 235 g/mol. The largest absolute Gasteiger partial charge is 0.497 e. The zero-order chi connectivity index (χ0) is 12.4. The lowest BCUT2D eigenvalue weighted by molar-refractivity contribution is -0.145. The molecule has 0 spiro atoms. The van der Waals surface area contributed by atoms with Crippen LogP contribution in [-0.2, 0) is 9.59 Å². The first-order valence-corrected chi connectivity index (χ1v) is 5.28. The molecule has 90 valence electrons. The molecule has 5 heteroatoms. The summed E-state index contributed by atoms with van der Waals surface area (Å²) < 4.78 is 5.08. The third kappa shape index (κ3) is 2.08. The Morgan fingerprint density at radius 2 is 2.29 bits per heavy atom. The van der Waals surface area contributed by atoms with E-state index < -0.39 is 17.8 Å². The molecule has 1 aliphatic heterocycles. The van der Waals surface area contributed by atoms with Gasteiger partial charge in [0.2, 0.25) is 5.91 Å². The molecular formula is C12H13NO4. The molecule has 1 amide bonds. The van der Waals surface area contributed by atoms with Gasteiger partial charge in [-0.15, -0.1) is 0 Å². The molecule has 1 fully saturated rings. The standard InChI is InChI=1S/C12H13NO4/c1-17-8-4-2-3-7(5-8)9-6-13-11(14)10(9)12(15)16/h2-5,9-10H,6H2,1H3,(H,13,14)(H,15,16)/t9-,10+/m1/s1. The summed E-state index contributed by atoms with van der Waals surface area (Å²) in [5, 5.41) is 11.6. The van der Waals surface area contributed by atoms with Crippen molar-refractivity contribution in [2.75, 3.05) is 13.7 Å². The Bertz CT molecular complexity index is 458.